The number of hydrogen-bond donors (Lipinski definition) is 2. The Balaban J connectivity index is 2.77. The second kappa shape index (κ2) is 7.80. The summed E-state index contributed by atoms with van der Waals surface area (Å²) in [7, 11) is 0. The van der Waals surface area contributed by atoms with Gasteiger partial charge in [-0.25, -0.2) is 0 Å². The number of benzene rings is 1. The van der Waals surface area contributed by atoms with Gasteiger partial charge in [0.1, 0.15) is 6.61 Å². The minimum atomic E-state index is -0.163. The third kappa shape index (κ3) is 4.82. The zero-order chi connectivity index (χ0) is 13.4. The van der Waals surface area contributed by atoms with Crippen molar-refractivity contribution in [1.82, 2.24) is 0 Å². The number of aliphatic hydroxyl groups excluding tert-OH is 1. The van der Waals surface area contributed by atoms with Crippen LogP contribution in [0.2, 0.25) is 0 Å². The minimum Gasteiger partial charge on any atom is -0.384 e. The molecule has 96 valence electrons. The van der Waals surface area contributed by atoms with Gasteiger partial charge in [-0.15, -0.1) is 0 Å². The summed E-state index contributed by atoms with van der Waals surface area (Å²) in [6.07, 6.45) is 2.48. The largest absolute Gasteiger partial charge is 0.384 e. The van der Waals surface area contributed by atoms with E-state index in [1.807, 2.05) is 31.4 Å². The Hall–Kier alpha value is -1.44. The van der Waals surface area contributed by atoms with E-state index >= 15 is 0 Å². The Bertz CT molecular complexity index is 474. The van der Waals surface area contributed by atoms with E-state index in [4.69, 9.17) is 5.11 Å². The molecule has 1 aromatic carbocycles. The van der Waals surface area contributed by atoms with Crippen molar-refractivity contribution in [2.24, 2.45) is 0 Å². The average molecular weight is 263 g/mol. The van der Waals surface area contributed by atoms with Gasteiger partial charge in [0, 0.05) is 23.4 Å². The lowest BCUT2D eigenvalue weighted by molar-refractivity contribution is -0.115. The van der Waals surface area contributed by atoms with E-state index in [1.165, 1.54) is 0 Å². The fraction of sp³-hybridized carbons (Fsp3) is 0.357. The lowest BCUT2D eigenvalue weighted by atomic mass is 10.1. The number of aliphatic hydroxyl groups is 1. The summed E-state index contributed by atoms with van der Waals surface area (Å²) in [5, 5.41) is 11.5. The van der Waals surface area contributed by atoms with Gasteiger partial charge in [-0.1, -0.05) is 17.9 Å². The Labute approximate surface area is 112 Å². The average Bonchev–Trinajstić information content (AvgIpc) is 2.37. The standard InChI is InChI=1S/C14H17NO2S/c1-11-5-6-12(4-3-8-16)10-13(11)15-14(17)7-9-18-2/h5-6,10,16H,7-9H2,1-2H3,(H,15,17). The van der Waals surface area contributed by atoms with Crippen LogP contribution in [-0.2, 0) is 4.79 Å². The monoisotopic (exact) mass is 263 g/mol. The van der Waals surface area contributed by atoms with E-state index in [1.54, 1.807) is 11.8 Å². The maximum absolute atomic E-state index is 11.6. The van der Waals surface area contributed by atoms with Crippen LogP contribution in [0.4, 0.5) is 5.69 Å². The number of aryl methyl sites for hydroxylation is 1. The van der Waals surface area contributed by atoms with Crippen LogP contribution in [0.5, 0.6) is 0 Å². The highest BCUT2D eigenvalue weighted by atomic mass is 32.2. The summed E-state index contributed by atoms with van der Waals surface area (Å²) in [5.41, 5.74) is 2.57. The van der Waals surface area contributed by atoms with Gasteiger partial charge in [-0.3, -0.25) is 4.79 Å². The maximum Gasteiger partial charge on any atom is 0.225 e. The zero-order valence-corrected chi connectivity index (χ0v) is 11.4. The van der Waals surface area contributed by atoms with Gasteiger partial charge in [0.25, 0.3) is 0 Å². The highest BCUT2D eigenvalue weighted by molar-refractivity contribution is 7.98. The SMILES string of the molecule is CSCCC(=O)Nc1cc(C#CCO)ccc1C. The third-order valence-electron chi connectivity index (χ3n) is 2.36. The molecule has 0 aromatic heterocycles. The Kier molecular flexibility index (Phi) is 6.34. The molecule has 18 heavy (non-hydrogen) atoms. The second-order valence-corrected chi connectivity index (χ2v) is 4.77. The van der Waals surface area contributed by atoms with Crippen LogP contribution < -0.4 is 5.32 Å². The molecule has 0 fully saturated rings. The zero-order valence-electron chi connectivity index (χ0n) is 10.6. The van der Waals surface area contributed by atoms with Crippen LogP contribution in [0.25, 0.3) is 0 Å². The van der Waals surface area contributed by atoms with Gasteiger partial charge in [0.15, 0.2) is 0 Å². The van der Waals surface area contributed by atoms with Crippen LogP contribution in [0, 0.1) is 18.8 Å². The normalized spacial score (nSPS) is 9.50. The first-order valence-electron chi connectivity index (χ1n) is 5.66. The number of amides is 1. The fourth-order valence-electron chi connectivity index (χ4n) is 1.38. The number of rotatable bonds is 4. The van der Waals surface area contributed by atoms with Crippen molar-refractivity contribution in [3.8, 4) is 11.8 Å². The van der Waals surface area contributed by atoms with Crippen LogP contribution in [0.1, 0.15) is 17.5 Å². The van der Waals surface area contributed by atoms with E-state index < -0.39 is 0 Å². The number of nitrogens with one attached hydrogen (secondary N) is 1. The molecule has 0 atom stereocenters. The molecule has 0 bridgehead atoms. The topological polar surface area (TPSA) is 49.3 Å². The first-order valence-corrected chi connectivity index (χ1v) is 7.06. The van der Waals surface area contributed by atoms with Gasteiger partial charge < -0.3 is 10.4 Å². The lowest BCUT2D eigenvalue weighted by Crippen LogP contribution is -2.13. The quantitative estimate of drug-likeness (QED) is 0.817. The number of thioether (sulfide) groups is 1. The smallest absolute Gasteiger partial charge is 0.225 e. The summed E-state index contributed by atoms with van der Waals surface area (Å²) in [6, 6.07) is 5.61. The van der Waals surface area contributed by atoms with Crippen molar-refractivity contribution in [1.29, 1.82) is 0 Å². The van der Waals surface area contributed by atoms with Crippen molar-refractivity contribution in [2.45, 2.75) is 13.3 Å². The molecule has 4 heteroatoms. The Morgan fingerprint density at radius 3 is 2.94 bits per heavy atom. The second-order valence-electron chi connectivity index (χ2n) is 3.78. The molecule has 0 spiro atoms. The van der Waals surface area contributed by atoms with Gasteiger partial charge in [0.05, 0.1) is 0 Å². The number of anilines is 1. The molecule has 0 radical (unpaired) electrons. The maximum atomic E-state index is 11.6. The number of carbonyl (C=O) groups excluding carboxylic acids is 1. The predicted molar refractivity (Wildman–Crippen MR) is 76.8 cm³/mol. The molecule has 0 saturated carbocycles. The van der Waals surface area contributed by atoms with Crippen molar-refractivity contribution in [3.05, 3.63) is 29.3 Å². The minimum absolute atomic E-state index is 0.0136. The van der Waals surface area contributed by atoms with Crippen LogP contribution >= 0.6 is 11.8 Å². The first kappa shape index (κ1) is 14.6. The van der Waals surface area contributed by atoms with Gasteiger partial charge in [-0.2, -0.15) is 11.8 Å². The summed E-state index contributed by atoms with van der Waals surface area (Å²) in [5.74, 6) is 6.24. The summed E-state index contributed by atoms with van der Waals surface area (Å²) in [6.45, 7) is 1.77. The highest BCUT2D eigenvalue weighted by Crippen LogP contribution is 2.16. The molecule has 1 amide bonds. The van der Waals surface area contributed by atoms with E-state index in [0.29, 0.717) is 6.42 Å². The molecule has 2 N–H and O–H groups in total. The molecule has 3 nitrogen and oxygen atoms in total. The lowest BCUT2D eigenvalue weighted by Gasteiger charge is -2.08. The van der Waals surface area contributed by atoms with Gasteiger partial charge in [-0.05, 0) is 30.9 Å². The van der Waals surface area contributed by atoms with E-state index in [0.717, 1.165) is 22.6 Å². The predicted octanol–water partition coefficient (Wildman–Crippen LogP) is 2.03. The Morgan fingerprint density at radius 2 is 2.28 bits per heavy atom. The highest BCUT2D eigenvalue weighted by Gasteiger charge is 2.04. The fourth-order valence-corrected chi connectivity index (χ4v) is 1.77. The van der Waals surface area contributed by atoms with Crippen LogP contribution in [-0.4, -0.2) is 29.6 Å². The van der Waals surface area contributed by atoms with Crippen molar-refractivity contribution < 1.29 is 9.90 Å². The van der Waals surface area contributed by atoms with E-state index in [2.05, 4.69) is 17.2 Å². The molecule has 0 aliphatic heterocycles. The molecule has 0 unspecified atom stereocenters. The Morgan fingerprint density at radius 1 is 1.50 bits per heavy atom. The number of hydrogen-bond acceptors (Lipinski definition) is 3. The molecule has 0 saturated heterocycles. The molecule has 1 rings (SSSR count). The van der Waals surface area contributed by atoms with Crippen molar-refractivity contribution in [2.75, 3.05) is 23.9 Å². The summed E-state index contributed by atoms with van der Waals surface area (Å²) in [4.78, 5) is 11.6. The van der Waals surface area contributed by atoms with Crippen LogP contribution in [0.15, 0.2) is 18.2 Å². The molecule has 1 aromatic rings. The van der Waals surface area contributed by atoms with Crippen LogP contribution in [0.3, 0.4) is 0 Å². The van der Waals surface area contributed by atoms with Crippen molar-refractivity contribution >= 4 is 23.4 Å². The van der Waals surface area contributed by atoms with E-state index in [-0.39, 0.29) is 12.5 Å². The summed E-state index contributed by atoms with van der Waals surface area (Å²) < 4.78 is 0. The first-order chi connectivity index (χ1) is 8.67. The molecule has 0 aliphatic carbocycles. The van der Waals surface area contributed by atoms with Crippen molar-refractivity contribution in [3.63, 3.8) is 0 Å². The molecule has 0 heterocycles. The molecular formula is C14H17NO2S. The summed E-state index contributed by atoms with van der Waals surface area (Å²) >= 11 is 1.65. The third-order valence-corrected chi connectivity index (χ3v) is 2.97. The number of carbonyl (C=O) groups is 1. The molecular weight excluding hydrogens is 246 g/mol. The molecule has 0 aliphatic rings. The van der Waals surface area contributed by atoms with Gasteiger partial charge in [0.2, 0.25) is 5.91 Å². The van der Waals surface area contributed by atoms with Gasteiger partial charge >= 0.3 is 0 Å². The van der Waals surface area contributed by atoms with E-state index in [9.17, 15) is 4.79 Å².